The van der Waals surface area contributed by atoms with Gasteiger partial charge in [-0.25, -0.2) is 4.98 Å². The maximum absolute atomic E-state index is 12.8. The van der Waals surface area contributed by atoms with Crippen molar-refractivity contribution in [2.24, 2.45) is 0 Å². The minimum absolute atomic E-state index is 0.338. The first-order chi connectivity index (χ1) is 11.3. The van der Waals surface area contributed by atoms with Crippen LogP contribution in [0.1, 0.15) is 31.0 Å². The molecule has 0 fully saturated rings. The molecule has 24 heavy (non-hydrogen) atoms. The van der Waals surface area contributed by atoms with Crippen molar-refractivity contribution >= 4 is 17.5 Å². The van der Waals surface area contributed by atoms with Crippen LogP contribution in [-0.4, -0.2) is 23.6 Å². The molecule has 1 aromatic carbocycles. The normalized spacial score (nSPS) is 11.4. The third-order valence-corrected chi connectivity index (χ3v) is 3.49. The van der Waals surface area contributed by atoms with Crippen LogP contribution < -0.4 is 10.2 Å². The summed E-state index contributed by atoms with van der Waals surface area (Å²) >= 11 is 0. The van der Waals surface area contributed by atoms with Crippen LogP contribution in [0.15, 0.2) is 30.3 Å². The predicted molar refractivity (Wildman–Crippen MR) is 89.7 cm³/mol. The molecular formula is C17H21F3N4. The minimum atomic E-state index is -4.37. The molecule has 0 unspecified atom stereocenters. The first-order valence-corrected chi connectivity index (χ1v) is 7.80. The second-order valence-electron chi connectivity index (χ2n) is 5.67. The Labute approximate surface area is 139 Å². The summed E-state index contributed by atoms with van der Waals surface area (Å²) in [6, 6.07) is 6.76. The van der Waals surface area contributed by atoms with Gasteiger partial charge in [0.2, 0.25) is 5.95 Å². The molecule has 0 aliphatic rings. The Morgan fingerprint density at radius 1 is 1.17 bits per heavy atom. The highest BCUT2D eigenvalue weighted by atomic mass is 19.4. The van der Waals surface area contributed by atoms with Gasteiger partial charge in [0, 0.05) is 31.0 Å². The molecule has 1 heterocycles. The van der Waals surface area contributed by atoms with E-state index in [1.807, 2.05) is 18.9 Å². The number of rotatable bonds is 6. The quantitative estimate of drug-likeness (QED) is 0.823. The van der Waals surface area contributed by atoms with E-state index in [1.165, 1.54) is 6.07 Å². The van der Waals surface area contributed by atoms with Crippen molar-refractivity contribution < 1.29 is 13.2 Å². The first kappa shape index (κ1) is 18.0. The van der Waals surface area contributed by atoms with Crippen LogP contribution in [-0.2, 0) is 6.18 Å². The Kier molecular flexibility index (Phi) is 5.64. The Hall–Kier alpha value is -2.31. The van der Waals surface area contributed by atoms with Crippen molar-refractivity contribution in [1.29, 1.82) is 0 Å². The molecule has 0 atom stereocenters. The van der Waals surface area contributed by atoms with Crippen molar-refractivity contribution in [2.75, 3.05) is 23.8 Å². The number of aromatic nitrogens is 2. The lowest BCUT2D eigenvalue weighted by Gasteiger charge is -2.18. The van der Waals surface area contributed by atoms with Gasteiger partial charge in [-0.15, -0.1) is 0 Å². The summed E-state index contributed by atoms with van der Waals surface area (Å²) in [5, 5.41) is 2.93. The number of nitrogens with one attached hydrogen (secondary N) is 1. The molecule has 0 saturated heterocycles. The summed E-state index contributed by atoms with van der Waals surface area (Å²) in [4.78, 5) is 10.7. The van der Waals surface area contributed by atoms with E-state index < -0.39 is 11.7 Å². The molecule has 2 aromatic rings. The molecule has 4 nitrogen and oxygen atoms in total. The molecular weight excluding hydrogens is 317 g/mol. The van der Waals surface area contributed by atoms with E-state index >= 15 is 0 Å². The third-order valence-electron chi connectivity index (χ3n) is 3.49. The van der Waals surface area contributed by atoms with Gasteiger partial charge in [-0.05, 0) is 31.5 Å². The fraction of sp³-hybridized carbons (Fsp3) is 0.412. The fourth-order valence-corrected chi connectivity index (χ4v) is 2.20. The second kappa shape index (κ2) is 7.51. The van der Waals surface area contributed by atoms with Crippen LogP contribution >= 0.6 is 0 Å². The zero-order chi connectivity index (χ0) is 17.7. The summed E-state index contributed by atoms with van der Waals surface area (Å²) < 4.78 is 38.4. The average Bonchev–Trinajstić information content (AvgIpc) is 2.51. The van der Waals surface area contributed by atoms with E-state index in [9.17, 15) is 13.2 Å². The highest BCUT2D eigenvalue weighted by molar-refractivity contribution is 5.58. The summed E-state index contributed by atoms with van der Waals surface area (Å²) in [6.07, 6.45) is -2.29. The number of halogens is 3. The van der Waals surface area contributed by atoms with Crippen LogP contribution in [0.2, 0.25) is 0 Å². The SMILES string of the molecule is CCCCN(C)c1nc(C)cc(Nc2cccc(C(F)(F)F)c2)n1. The van der Waals surface area contributed by atoms with E-state index in [0.717, 1.165) is 37.2 Å². The van der Waals surface area contributed by atoms with Crippen molar-refractivity contribution in [1.82, 2.24) is 9.97 Å². The Morgan fingerprint density at radius 2 is 1.92 bits per heavy atom. The monoisotopic (exact) mass is 338 g/mol. The zero-order valence-corrected chi connectivity index (χ0v) is 14.0. The van der Waals surface area contributed by atoms with Gasteiger partial charge < -0.3 is 10.2 Å². The van der Waals surface area contributed by atoms with Crippen molar-refractivity contribution in [3.8, 4) is 0 Å². The number of unbranched alkanes of at least 4 members (excludes halogenated alkanes) is 1. The summed E-state index contributed by atoms with van der Waals surface area (Å²) in [6.45, 7) is 4.75. The van der Waals surface area contributed by atoms with E-state index in [2.05, 4.69) is 22.2 Å². The van der Waals surface area contributed by atoms with Gasteiger partial charge >= 0.3 is 6.18 Å². The van der Waals surface area contributed by atoms with Crippen molar-refractivity contribution in [3.63, 3.8) is 0 Å². The Morgan fingerprint density at radius 3 is 2.58 bits per heavy atom. The van der Waals surface area contributed by atoms with Crippen LogP contribution in [0.25, 0.3) is 0 Å². The van der Waals surface area contributed by atoms with Gasteiger partial charge in [-0.2, -0.15) is 18.2 Å². The zero-order valence-electron chi connectivity index (χ0n) is 14.0. The number of nitrogens with zero attached hydrogens (tertiary/aromatic N) is 3. The van der Waals surface area contributed by atoms with Crippen LogP contribution in [0.3, 0.4) is 0 Å². The number of benzene rings is 1. The van der Waals surface area contributed by atoms with E-state index in [-0.39, 0.29) is 0 Å². The van der Waals surface area contributed by atoms with Crippen molar-refractivity contribution in [2.45, 2.75) is 32.9 Å². The largest absolute Gasteiger partial charge is 0.416 e. The number of anilines is 3. The molecule has 7 heteroatoms. The molecule has 0 bridgehead atoms. The summed E-state index contributed by atoms with van der Waals surface area (Å²) in [5.74, 6) is 1.03. The molecule has 2 rings (SSSR count). The van der Waals surface area contributed by atoms with E-state index in [0.29, 0.717) is 17.5 Å². The first-order valence-electron chi connectivity index (χ1n) is 7.80. The van der Waals surface area contributed by atoms with Crippen LogP contribution in [0.5, 0.6) is 0 Å². The van der Waals surface area contributed by atoms with Gasteiger partial charge in [0.15, 0.2) is 0 Å². The van der Waals surface area contributed by atoms with Gasteiger partial charge in [0.05, 0.1) is 5.56 Å². The topological polar surface area (TPSA) is 41.1 Å². The summed E-state index contributed by atoms with van der Waals surface area (Å²) in [5.41, 5.74) is 0.390. The molecule has 0 radical (unpaired) electrons. The molecule has 0 spiro atoms. The smallest absolute Gasteiger partial charge is 0.344 e. The lowest BCUT2D eigenvalue weighted by atomic mass is 10.2. The molecule has 1 N–H and O–H groups in total. The molecule has 0 amide bonds. The molecule has 0 aliphatic heterocycles. The number of aryl methyl sites for hydroxylation is 1. The van der Waals surface area contributed by atoms with Gasteiger partial charge in [-0.1, -0.05) is 19.4 Å². The lowest BCUT2D eigenvalue weighted by Crippen LogP contribution is -2.21. The van der Waals surface area contributed by atoms with Crippen molar-refractivity contribution in [3.05, 3.63) is 41.6 Å². The van der Waals surface area contributed by atoms with Gasteiger partial charge in [0.1, 0.15) is 5.82 Å². The van der Waals surface area contributed by atoms with Gasteiger partial charge in [-0.3, -0.25) is 0 Å². The van der Waals surface area contributed by atoms with Crippen LogP contribution in [0.4, 0.5) is 30.6 Å². The number of hydrogen-bond acceptors (Lipinski definition) is 4. The summed E-state index contributed by atoms with van der Waals surface area (Å²) in [7, 11) is 1.90. The number of alkyl halides is 3. The standard InChI is InChI=1S/C17H21F3N4/c1-4-5-9-24(3)16-21-12(2)10-15(23-16)22-14-8-6-7-13(11-14)17(18,19)20/h6-8,10-11H,4-5,9H2,1-3H3,(H,21,22,23). The minimum Gasteiger partial charge on any atom is -0.344 e. The highest BCUT2D eigenvalue weighted by Gasteiger charge is 2.30. The average molecular weight is 338 g/mol. The highest BCUT2D eigenvalue weighted by Crippen LogP contribution is 2.31. The molecule has 0 saturated carbocycles. The lowest BCUT2D eigenvalue weighted by molar-refractivity contribution is -0.137. The maximum Gasteiger partial charge on any atom is 0.416 e. The van der Waals surface area contributed by atoms with E-state index in [1.54, 1.807) is 12.1 Å². The second-order valence-corrected chi connectivity index (χ2v) is 5.67. The van der Waals surface area contributed by atoms with Crippen LogP contribution in [0, 0.1) is 6.92 Å². The Balaban J connectivity index is 2.22. The molecule has 130 valence electrons. The third kappa shape index (κ3) is 4.84. The Bertz CT molecular complexity index is 686. The van der Waals surface area contributed by atoms with E-state index in [4.69, 9.17) is 0 Å². The molecule has 1 aromatic heterocycles. The molecule has 0 aliphatic carbocycles. The van der Waals surface area contributed by atoms with Gasteiger partial charge in [0.25, 0.3) is 0 Å². The predicted octanol–water partition coefficient (Wildman–Crippen LogP) is 4.78. The number of hydrogen-bond donors (Lipinski definition) is 1. The maximum atomic E-state index is 12.8. The fourth-order valence-electron chi connectivity index (χ4n) is 2.20.